The molecule has 0 aliphatic carbocycles. The Kier molecular flexibility index (Phi) is 2.21. The fourth-order valence-corrected chi connectivity index (χ4v) is 1.49. The maximum absolute atomic E-state index is 12.5. The molecule has 0 spiro atoms. The van der Waals surface area contributed by atoms with E-state index in [9.17, 15) is 8.78 Å². The van der Waals surface area contributed by atoms with Crippen molar-refractivity contribution in [2.45, 2.75) is 13.1 Å². The average Bonchev–Trinajstić information content (AvgIpc) is 2.59. The monoisotopic (exact) mass is 196 g/mol. The number of benzene rings is 1. The molecule has 0 aliphatic rings. The summed E-state index contributed by atoms with van der Waals surface area (Å²) < 4.78 is 25.9. The summed E-state index contributed by atoms with van der Waals surface area (Å²) in [6.45, 7) is -2.13. The van der Waals surface area contributed by atoms with Crippen molar-refractivity contribution in [3.05, 3.63) is 36.0 Å². The van der Waals surface area contributed by atoms with Gasteiger partial charge in [-0.15, -0.1) is 0 Å². The Morgan fingerprint density at radius 3 is 2.71 bits per heavy atom. The van der Waals surface area contributed by atoms with Gasteiger partial charge in [0.05, 0.1) is 5.52 Å². The Labute approximate surface area is 79.9 Å². The third kappa shape index (κ3) is 1.37. The number of alkyl halides is 2. The van der Waals surface area contributed by atoms with E-state index in [4.69, 9.17) is 5.73 Å². The molecular formula is C10H10F2N2. The van der Waals surface area contributed by atoms with Crippen LogP contribution in [0, 0.1) is 0 Å². The second kappa shape index (κ2) is 3.38. The Morgan fingerprint density at radius 1 is 1.29 bits per heavy atom. The minimum Gasteiger partial charge on any atom is -0.326 e. The summed E-state index contributed by atoms with van der Waals surface area (Å²) in [7, 11) is 0. The lowest BCUT2D eigenvalue weighted by molar-refractivity contribution is 0.0752. The van der Waals surface area contributed by atoms with Crippen LogP contribution < -0.4 is 5.73 Å². The Bertz CT molecular complexity index is 448. The standard InChI is InChI=1S/C10H10F2N2/c11-10(12)14-4-3-8-2-1-7(6-13)5-9(8)14/h1-5,10H,6,13H2. The minimum atomic E-state index is -2.50. The summed E-state index contributed by atoms with van der Waals surface area (Å²) in [6.07, 6.45) is 1.38. The van der Waals surface area contributed by atoms with Crippen LogP contribution in [0.5, 0.6) is 0 Å². The molecule has 0 amide bonds. The predicted octanol–water partition coefficient (Wildman–Crippen LogP) is 2.50. The second-order valence-corrected chi connectivity index (χ2v) is 3.10. The number of hydrogen-bond donors (Lipinski definition) is 1. The first-order chi connectivity index (χ1) is 6.72. The highest BCUT2D eigenvalue weighted by molar-refractivity contribution is 5.80. The summed E-state index contributed by atoms with van der Waals surface area (Å²) >= 11 is 0. The third-order valence-electron chi connectivity index (χ3n) is 2.23. The van der Waals surface area contributed by atoms with E-state index in [0.29, 0.717) is 12.1 Å². The highest BCUT2D eigenvalue weighted by Crippen LogP contribution is 2.22. The van der Waals surface area contributed by atoms with Gasteiger partial charge in [0.1, 0.15) is 0 Å². The number of halogens is 2. The van der Waals surface area contributed by atoms with E-state index < -0.39 is 6.55 Å². The van der Waals surface area contributed by atoms with Crippen molar-refractivity contribution < 1.29 is 8.78 Å². The number of aromatic nitrogens is 1. The molecule has 14 heavy (non-hydrogen) atoms. The minimum absolute atomic E-state index is 0.365. The van der Waals surface area contributed by atoms with Crippen molar-refractivity contribution in [3.8, 4) is 0 Å². The average molecular weight is 196 g/mol. The van der Waals surface area contributed by atoms with Gasteiger partial charge in [0, 0.05) is 12.7 Å². The van der Waals surface area contributed by atoms with Crippen molar-refractivity contribution in [2.75, 3.05) is 0 Å². The fourth-order valence-electron chi connectivity index (χ4n) is 1.49. The first kappa shape index (κ1) is 9.15. The molecule has 2 nitrogen and oxygen atoms in total. The summed E-state index contributed by atoms with van der Waals surface area (Å²) in [5, 5.41) is 0.808. The molecule has 1 aromatic heterocycles. The maximum atomic E-state index is 12.5. The topological polar surface area (TPSA) is 30.9 Å². The Hall–Kier alpha value is -1.42. The molecule has 1 heterocycles. The molecule has 0 atom stereocenters. The van der Waals surface area contributed by atoms with Gasteiger partial charge in [-0.3, -0.25) is 4.57 Å². The first-order valence-electron chi connectivity index (χ1n) is 4.30. The van der Waals surface area contributed by atoms with Crippen LogP contribution >= 0.6 is 0 Å². The van der Waals surface area contributed by atoms with E-state index in [0.717, 1.165) is 15.5 Å². The molecule has 2 aromatic rings. The van der Waals surface area contributed by atoms with E-state index in [-0.39, 0.29) is 0 Å². The molecule has 2 N–H and O–H groups in total. The van der Waals surface area contributed by atoms with Gasteiger partial charge < -0.3 is 5.73 Å². The van der Waals surface area contributed by atoms with Crippen LogP contribution in [0.3, 0.4) is 0 Å². The third-order valence-corrected chi connectivity index (χ3v) is 2.23. The molecule has 0 saturated heterocycles. The highest BCUT2D eigenvalue weighted by atomic mass is 19.3. The molecule has 0 unspecified atom stereocenters. The molecule has 0 radical (unpaired) electrons. The van der Waals surface area contributed by atoms with Crippen LogP contribution in [0.2, 0.25) is 0 Å². The molecule has 4 heteroatoms. The molecule has 0 fully saturated rings. The molecule has 0 aliphatic heterocycles. The van der Waals surface area contributed by atoms with Gasteiger partial charge in [-0.2, -0.15) is 8.78 Å². The normalized spacial score (nSPS) is 11.4. The summed E-state index contributed by atoms with van der Waals surface area (Å²) in [5.41, 5.74) is 6.83. The zero-order valence-electron chi connectivity index (χ0n) is 7.45. The van der Waals surface area contributed by atoms with Crippen molar-refractivity contribution in [3.63, 3.8) is 0 Å². The SMILES string of the molecule is NCc1ccc2ccn(C(F)F)c2c1. The van der Waals surface area contributed by atoms with Crippen molar-refractivity contribution >= 4 is 10.9 Å². The number of hydrogen-bond acceptors (Lipinski definition) is 1. The maximum Gasteiger partial charge on any atom is 0.319 e. The van der Waals surface area contributed by atoms with Crippen LogP contribution in [0.4, 0.5) is 8.78 Å². The second-order valence-electron chi connectivity index (χ2n) is 3.10. The van der Waals surface area contributed by atoms with Crippen LogP contribution in [0.15, 0.2) is 30.5 Å². The molecule has 0 saturated carbocycles. The van der Waals surface area contributed by atoms with Gasteiger partial charge in [-0.1, -0.05) is 12.1 Å². The van der Waals surface area contributed by atoms with Crippen LogP contribution in [0.25, 0.3) is 10.9 Å². The van der Waals surface area contributed by atoms with Gasteiger partial charge in [-0.25, -0.2) is 0 Å². The van der Waals surface area contributed by atoms with Crippen LogP contribution in [-0.2, 0) is 6.54 Å². The fraction of sp³-hybridized carbons (Fsp3) is 0.200. The molecule has 2 rings (SSSR count). The lowest BCUT2D eigenvalue weighted by atomic mass is 10.2. The summed E-state index contributed by atoms with van der Waals surface area (Å²) in [5.74, 6) is 0. The summed E-state index contributed by atoms with van der Waals surface area (Å²) in [4.78, 5) is 0. The smallest absolute Gasteiger partial charge is 0.319 e. The van der Waals surface area contributed by atoms with Crippen LogP contribution in [0.1, 0.15) is 12.1 Å². The molecule has 74 valence electrons. The van der Waals surface area contributed by atoms with Crippen LogP contribution in [-0.4, -0.2) is 4.57 Å². The van der Waals surface area contributed by atoms with E-state index in [1.54, 1.807) is 18.2 Å². The lowest BCUT2D eigenvalue weighted by Gasteiger charge is -2.04. The van der Waals surface area contributed by atoms with E-state index in [1.807, 2.05) is 6.07 Å². The van der Waals surface area contributed by atoms with Gasteiger partial charge >= 0.3 is 6.55 Å². The quantitative estimate of drug-likeness (QED) is 0.786. The molecular weight excluding hydrogens is 186 g/mol. The van der Waals surface area contributed by atoms with Gasteiger partial charge in [-0.05, 0) is 23.1 Å². The van der Waals surface area contributed by atoms with Gasteiger partial charge in [0.2, 0.25) is 0 Å². The zero-order valence-corrected chi connectivity index (χ0v) is 7.45. The van der Waals surface area contributed by atoms with Gasteiger partial charge in [0.25, 0.3) is 0 Å². The van der Waals surface area contributed by atoms with E-state index in [2.05, 4.69) is 0 Å². The Balaban J connectivity index is 2.63. The number of nitrogens with two attached hydrogens (primary N) is 1. The van der Waals surface area contributed by atoms with E-state index >= 15 is 0 Å². The molecule has 1 aromatic carbocycles. The predicted molar refractivity (Wildman–Crippen MR) is 51.1 cm³/mol. The van der Waals surface area contributed by atoms with E-state index in [1.165, 1.54) is 6.20 Å². The number of fused-ring (bicyclic) bond motifs is 1. The number of rotatable bonds is 2. The zero-order chi connectivity index (χ0) is 10.1. The van der Waals surface area contributed by atoms with Crippen molar-refractivity contribution in [1.82, 2.24) is 4.57 Å². The number of nitrogens with zero attached hydrogens (tertiary/aromatic N) is 1. The lowest BCUT2D eigenvalue weighted by Crippen LogP contribution is -1.98. The largest absolute Gasteiger partial charge is 0.326 e. The Morgan fingerprint density at radius 2 is 2.07 bits per heavy atom. The highest BCUT2D eigenvalue weighted by Gasteiger charge is 2.09. The molecule has 0 bridgehead atoms. The van der Waals surface area contributed by atoms with Crippen molar-refractivity contribution in [2.24, 2.45) is 5.73 Å². The van der Waals surface area contributed by atoms with Crippen molar-refractivity contribution in [1.29, 1.82) is 0 Å². The summed E-state index contributed by atoms with van der Waals surface area (Å²) in [6, 6.07) is 7.01. The van der Waals surface area contributed by atoms with Gasteiger partial charge in [0.15, 0.2) is 0 Å². The first-order valence-corrected chi connectivity index (χ1v) is 4.30.